The Morgan fingerprint density at radius 2 is 1.74 bits per heavy atom. The molecule has 0 aliphatic heterocycles. The first-order chi connectivity index (χ1) is 9.10. The molecule has 0 aliphatic rings. The van der Waals surface area contributed by atoms with Crippen LogP contribution in [0.4, 0.5) is 5.69 Å². The van der Waals surface area contributed by atoms with Crippen molar-refractivity contribution in [2.45, 2.75) is 20.5 Å². The van der Waals surface area contributed by atoms with Crippen LogP contribution in [0, 0.1) is 6.92 Å². The van der Waals surface area contributed by atoms with Crippen LogP contribution in [0.1, 0.15) is 18.1 Å². The Hall–Kier alpha value is -2.13. The van der Waals surface area contributed by atoms with Crippen molar-refractivity contribution in [3.8, 4) is 11.1 Å². The average molecular weight is 255 g/mol. The SMILES string of the molecule is CC(=O)Nc1ccc(-c2ccc(CO)c(C)c2)cc1. The molecule has 0 saturated heterocycles. The maximum Gasteiger partial charge on any atom is 0.221 e. The van der Waals surface area contributed by atoms with E-state index in [0.717, 1.165) is 27.9 Å². The molecule has 3 heteroatoms. The third-order valence-corrected chi connectivity index (χ3v) is 3.05. The third kappa shape index (κ3) is 3.20. The number of aryl methyl sites for hydroxylation is 1. The summed E-state index contributed by atoms with van der Waals surface area (Å²) in [6.45, 7) is 3.54. The molecule has 0 spiro atoms. The van der Waals surface area contributed by atoms with E-state index in [4.69, 9.17) is 5.11 Å². The second kappa shape index (κ2) is 5.67. The van der Waals surface area contributed by atoms with Crippen molar-refractivity contribution in [1.82, 2.24) is 0 Å². The molecule has 0 heterocycles. The van der Waals surface area contributed by atoms with Crippen molar-refractivity contribution in [3.05, 3.63) is 53.6 Å². The highest BCUT2D eigenvalue weighted by atomic mass is 16.3. The van der Waals surface area contributed by atoms with Gasteiger partial charge in [-0.15, -0.1) is 0 Å². The minimum atomic E-state index is -0.0732. The Morgan fingerprint density at radius 1 is 1.11 bits per heavy atom. The second-order valence-corrected chi connectivity index (χ2v) is 4.56. The van der Waals surface area contributed by atoms with Gasteiger partial charge in [0.25, 0.3) is 0 Å². The molecular weight excluding hydrogens is 238 g/mol. The Labute approximate surface area is 112 Å². The second-order valence-electron chi connectivity index (χ2n) is 4.56. The number of hydrogen-bond acceptors (Lipinski definition) is 2. The minimum absolute atomic E-state index is 0.0631. The number of nitrogens with one attached hydrogen (secondary N) is 1. The molecule has 3 nitrogen and oxygen atoms in total. The Morgan fingerprint density at radius 3 is 2.26 bits per heavy atom. The van der Waals surface area contributed by atoms with Crippen LogP contribution < -0.4 is 5.32 Å². The molecule has 0 atom stereocenters. The Kier molecular flexibility index (Phi) is 3.97. The van der Waals surface area contributed by atoms with Crippen LogP contribution in [-0.2, 0) is 11.4 Å². The molecule has 1 amide bonds. The van der Waals surface area contributed by atoms with Gasteiger partial charge in [-0.25, -0.2) is 0 Å². The summed E-state index contributed by atoms with van der Waals surface area (Å²) in [6.07, 6.45) is 0. The highest BCUT2D eigenvalue weighted by Crippen LogP contribution is 2.24. The monoisotopic (exact) mass is 255 g/mol. The van der Waals surface area contributed by atoms with Crippen molar-refractivity contribution in [3.63, 3.8) is 0 Å². The topological polar surface area (TPSA) is 49.3 Å². The maximum absolute atomic E-state index is 10.9. The zero-order valence-electron chi connectivity index (χ0n) is 11.1. The number of anilines is 1. The molecule has 0 saturated carbocycles. The van der Waals surface area contributed by atoms with Gasteiger partial charge in [0.05, 0.1) is 6.61 Å². The number of carbonyl (C=O) groups excluding carboxylic acids is 1. The average Bonchev–Trinajstić information content (AvgIpc) is 2.39. The summed E-state index contributed by atoms with van der Waals surface area (Å²) in [4.78, 5) is 10.9. The van der Waals surface area contributed by atoms with Crippen LogP contribution in [0.3, 0.4) is 0 Å². The van der Waals surface area contributed by atoms with Gasteiger partial charge in [0.15, 0.2) is 0 Å². The van der Waals surface area contributed by atoms with Crippen LogP contribution in [-0.4, -0.2) is 11.0 Å². The van der Waals surface area contributed by atoms with E-state index in [1.54, 1.807) is 0 Å². The Balaban J connectivity index is 2.27. The smallest absolute Gasteiger partial charge is 0.221 e. The number of hydrogen-bond donors (Lipinski definition) is 2. The summed E-state index contributed by atoms with van der Waals surface area (Å²) in [5.41, 5.74) is 5.00. The molecule has 0 radical (unpaired) electrons. The lowest BCUT2D eigenvalue weighted by Gasteiger charge is -2.08. The van der Waals surface area contributed by atoms with Gasteiger partial charge >= 0.3 is 0 Å². The van der Waals surface area contributed by atoms with E-state index in [0.29, 0.717) is 0 Å². The molecule has 2 aromatic carbocycles. The van der Waals surface area contributed by atoms with Gasteiger partial charge in [-0.3, -0.25) is 4.79 Å². The molecule has 2 rings (SSSR count). The number of amides is 1. The fourth-order valence-electron chi connectivity index (χ4n) is 2.00. The quantitative estimate of drug-likeness (QED) is 0.885. The normalized spacial score (nSPS) is 10.3. The van der Waals surface area contributed by atoms with E-state index < -0.39 is 0 Å². The highest BCUT2D eigenvalue weighted by molar-refractivity contribution is 5.89. The van der Waals surface area contributed by atoms with Gasteiger partial charge < -0.3 is 10.4 Å². The Bertz CT molecular complexity index is 588. The third-order valence-electron chi connectivity index (χ3n) is 3.05. The summed E-state index contributed by atoms with van der Waals surface area (Å²) < 4.78 is 0. The van der Waals surface area contributed by atoms with Crippen LogP contribution in [0.2, 0.25) is 0 Å². The van der Waals surface area contributed by atoms with Crippen LogP contribution in [0.25, 0.3) is 11.1 Å². The number of rotatable bonds is 3. The maximum atomic E-state index is 10.9. The predicted octanol–water partition coefficient (Wildman–Crippen LogP) is 3.11. The number of aliphatic hydroxyl groups excluding tert-OH is 1. The molecule has 0 fully saturated rings. The summed E-state index contributed by atoms with van der Waals surface area (Å²) in [5.74, 6) is -0.0732. The molecule has 98 valence electrons. The van der Waals surface area contributed by atoms with Gasteiger partial charge in [0.1, 0.15) is 0 Å². The molecule has 0 aliphatic carbocycles. The van der Waals surface area contributed by atoms with Gasteiger partial charge in [-0.05, 0) is 41.3 Å². The largest absolute Gasteiger partial charge is 0.392 e. The fraction of sp³-hybridized carbons (Fsp3) is 0.188. The summed E-state index contributed by atoms with van der Waals surface area (Å²) in [6, 6.07) is 13.7. The van der Waals surface area contributed by atoms with Gasteiger partial charge in [-0.1, -0.05) is 30.3 Å². The standard InChI is InChI=1S/C16H17NO2/c1-11-9-14(3-4-15(11)10-18)13-5-7-16(8-6-13)17-12(2)19/h3-9,18H,10H2,1-2H3,(H,17,19). The zero-order chi connectivity index (χ0) is 13.8. The summed E-state index contributed by atoms with van der Waals surface area (Å²) in [7, 11) is 0. The molecule has 0 bridgehead atoms. The molecular formula is C16H17NO2. The zero-order valence-corrected chi connectivity index (χ0v) is 11.1. The minimum Gasteiger partial charge on any atom is -0.392 e. The molecule has 2 aromatic rings. The van der Waals surface area contributed by atoms with Crippen molar-refractivity contribution in [2.24, 2.45) is 0 Å². The molecule has 19 heavy (non-hydrogen) atoms. The first kappa shape index (κ1) is 13.3. The van der Waals surface area contributed by atoms with E-state index in [-0.39, 0.29) is 12.5 Å². The first-order valence-electron chi connectivity index (χ1n) is 6.18. The van der Waals surface area contributed by atoms with Crippen molar-refractivity contribution < 1.29 is 9.90 Å². The van der Waals surface area contributed by atoms with Crippen LogP contribution in [0.15, 0.2) is 42.5 Å². The van der Waals surface area contributed by atoms with Crippen molar-refractivity contribution >= 4 is 11.6 Å². The lowest BCUT2D eigenvalue weighted by Crippen LogP contribution is -2.05. The molecule has 2 N–H and O–H groups in total. The van der Waals surface area contributed by atoms with Gasteiger partial charge in [-0.2, -0.15) is 0 Å². The summed E-state index contributed by atoms with van der Waals surface area (Å²) in [5, 5.41) is 11.9. The van der Waals surface area contributed by atoms with E-state index >= 15 is 0 Å². The summed E-state index contributed by atoms with van der Waals surface area (Å²) >= 11 is 0. The van der Waals surface area contributed by atoms with Crippen molar-refractivity contribution in [2.75, 3.05) is 5.32 Å². The van der Waals surface area contributed by atoms with Crippen LogP contribution >= 0.6 is 0 Å². The van der Waals surface area contributed by atoms with Gasteiger partial charge in [0.2, 0.25) is 5.91 Å². The molecule has 0 unspecified atom stereocenters. The van der Waals surface area contributed by atoms with E-state index in [9.17, 15) is 4.79 Å². The first-order valence-corrected chi connectivity index (χ1v) is 6.18. The number of aliphatic hydroxyl groups is 1. The fourth-order valence-corrected chi connectivity index (χ4v) is 2.00. The lowest BCUT2D eigenvalue weighted by atomic mass is 10.00. The molecule has 0 aromatic heterocycles. The predicted molar refractivity (Wildman–Crippen MR) is 76.8 cm³/mol. The number of carbonyl (C=O) groups is 1. The highest BCUT2D eigenvalue weighted by Gasteiger charge is 2.02. The van der Waals surface area contributed by atoms with Gasteiger partial charge in [0, 0.05) is 12.6 Å². The lowest BCUT2D eigenvalue weighted by molar-refractivity contribution is -0.114. The van der Waals surface area contributed by atoms with E-state index in [1.807, 2.05) is 43.3 Å². The van der Waals surface area contributed by atoms with E-state index in [1.165, 1.54) is 6.92 Å². The van der Waals surface area contributed by atoms with Crippen molar-refractivity contribution in [1.29, 1.82) is 0 Å². The number of benzene rings is 2. The van der Waals surface area contributed by atoms with E-state index in [2.05, 4.69) is 11.4 Å². The van der Waals surface area contributed by atoms with Crippen LogP contribution in [0.5, 0.6) is 0 Å².